The molecule has 0 saturated carbocycles. The summed E-state index contributed by atoms with van der Waals surface area (Å²) in [5, 5.41) is 49.8. The Labute approximate surface area is 300 Å². The largest absolute Gasteiger partial charge is 0.459 e. The van der Waals surface area contributed by atoms with Crippen molar-refractivity contribution >= 4 is 11.8 Å². The number of methoxy groups -OCH3 is 1. The summed E-state index contributed by atoms with van der Waals surface area (Å²) in [6.07, 6.45) is -4.97. The molecule has 50 heavy (non-hydrogen) atoms. The number of ketones is 1. The maximum atomic E-state index is 14.0. The lowest BCUT2D eigenvalue weighted by atomic mass is 9.78. The molecule has 0 aromatic carbocycles. The van der Waals surface area contributed by atoms with Gasteiger partial charge < -0.3 is 54.3 Å². The van der Waals surface area contributed by atoms with Crippen LogP contribution in [0.2, 0.25) is 0 Å². The minimum absolute atomic E-state index is 0.107. The van der Waals surface area contributed by atoms with Crippen LogP contribution in [0.15, 0.2) is 0 Å². The van der Waals surface area contributed by atoms with Gasteiger partial charge in [0.25, 0.3) is 0 Å². The number of hydrogen-bond acceptors (Lipinski definition) is 13. The average Bonchev–Trinajstić information content (AvgIpc) is 3.04. The predicted octanol–water partition coefficient (Wildman–Crippen LogP) is 2.78. The number of Topliss-reactive ketones (excluding diaryl/α,β-unsaturated/α-hetero) is 1. The Balaban J connectivity index is 2.68. The van der Waals surface area contributed by atoms with E-state index < -0.39 is 77.6 Å². The van der Waals surface area contributed by atoms with Crippen LogP contribution < -0.4 is 5.32 Å². The highest BCUT2D eigenvalue weighted by Crippen LogP contribution is 2.38. The number of aliphatic hydroxyl groups is 4. The third kappa shape index (κ3) is 11.4. The van der Waals surface area contributed by atoms with E-state index in [0.717, 1.165) is 6.42 Å². The summed E-state index contributed by atoms with van der Waals surface area (Å²) in [5.74, 6) is -2.88. The van der Waals surface area contributed by atoms with Crippen molar-refractivity contribution in [1.29, 1.82) is 0 Å². The molecule has 15 unspecified atom stereocenters. The van der Waals surface area contributed by atoms with Crippen molar-refractivity contribution in [3.8, 4) is 0 Å². The molecule has 0 aromatic heterocycles. The Bertz CT molecular complexity index is 1070. The molecule has 5 N–H and O–H groups in total. The van der Waals surface area contributed by atoms with Gasteiger partial charge in [-0.25, -0.2) is 0 Å². The van der Waals surface area contributed by atoms with E-state index in [2.05, 4.69) is 10.2 Å². The van der Waals surface area contributed by atoms with Crippen LogP contribution in [0.1, 0.15) is 108 Å². The first-order valence-corrected chi connectivity index (χ1v) is 18.5. The molecule has 0 aliphatic carbocycles. The van der Waals surface area contributed by atoms with Gasteiger partial charge in [-0.15, -0.1) is 0 Å². The highest BCUT2D eigenvalue weighted by atomic mass is 16.7. The molecule has 2 saturated heterocycles. The van der Waals surface area contributed by atoms with Gasteiger partial charge in [-0.2, -0.15) is 0 Å². The number of carbonyl (C=O) groups is 2. The highest BCUT2D eigenvalue weighted by molar-refractivity contribution is 5.86. The lowest BCUT2D eigenvalue weighted by molar-refractivity contribution is -0.276. The number of esters is 1. The molecule has 0 spiro atoms. The minimum Gasteiger partial charge on any atom is -0.459 e. The fraction of sp³-hybridized carbons (Fsp3) is 0.946. The normalized spacial score (nSPS) is 41.8. The van der Waals surface area contributed by atoms with Crippen molar-refractivity contribution < 1.29 is 53.7 Å². The summed E-state index contributed by atoms with van der Waals surface area (Å²) in [6.45, 7) is 17.7. The van der Waals surface area contributed by atoms with Crippen molar-refractivity contribution in [1.82, 2.24) is 10.2 Å². The molecule has 0 bridgehead atoms. The van der Waals surface area contributed by atoms with Crippen LogP contribution in [0, 0.1) is 17.8 Å². The van der Waals surface area contributed by atoms with Gasteiger partial charge in [0.05, 0.1) is 29.8 Å². The maximum Gasteiger partial charge on any atom is 0.311 e. The number of ether oxygens (including phenoxy) is 5. The smallest absolute Gasteiger partial charge is 0.311 e. The monoisotopic (exact) mass is 718 g/mol. The van der Waals surface area contributed by atoms with E-state index in [1.54, 1.807) is 48.5 Å². The average molecular weight is 719 g/mol. The lowest BCUT2D eigenvalue weighted by Gasteiger charge is -2.46. The van der Waals surface area contributed by atoms with E-state index >= 15 is 0 Å². The van der Waals surface area contributed by atoms with Gasteiger partial charge >= 0.3 is 5.97 Å². The van der Waals surface area contributed by atoms with Gasteiger partial charge in [0.1, 0.15) is 23.4 Å². The van der Waals surface area contributed by atoms with Crippen LogP contribution >= 0.6 is 0 Å². The first-order chi connectivity index (χ1) is 23.0. The number of nitrogens with one attached hydrogen (secondary N) is 1. The summed E-state index contributed by atoms with van der Waals surface area (Å²) in [5.41, 5.74) is -4.65. The Morgan fingerprint density at radius 3 is 2.28 bits per heavy atom. The summed E-state index contributed by atoms with van der Waals surface area (Å²) < 4.78 is 30.7. The number of nitrogens with zero attached hydrogens (tertiary/aromatic N) is 1. The molecule has 15 atom stereocenters. The summed E-state index contributed by atoms with van der Waals surface area (Å²) in [7, 11) is 5.40. The van der Waals surface area contributed by atoms with Crippen molar-refractivity contribution in [2.24, 2.45) is 17.8 Å². The number of carbonyl (C=O) groups excluding carboxylic acids is 2. The zero-order chi connectivity index (χ0) is 38.4. The molecule has 0 amide bonds. The highest BCUT2D eigenvalue weighted by Gasteiger charge is 2.49. The molecule has 2 fully saturated rings. The molecule has 2 aliphatic heterocycles. The number of hydrogen-bond donors (Lipinski definition) is 5. The van der Waals surface area contributed by atoms with Crippen LogP contribution in [0.3, 0.4) is 0 Å². The van der Waals surface area contributed by atoms with Gasteiger partial charge in [0.15, 0.2) is 18.4 Å². The topological polar surface area (TPSA) is 176 Å². The van der Waals surface area contributed by atoms with Crippen molar-refractivity contribution in [3.63, 3.8) is 0 Å². The molecular formula is C37H70N2O11. The van der Waals surface area contributed by atoms with Crippen molar-refractivity contribution in [2.75, 3.05) is 27.7 Å². The first-order valence-electron chi connectivity index (χ1n) is 18.5. The predicted molar refractivity (Wildman–Crippen MR) is 189 cm³/mol. The van der Waals surface area contributed by atoms with Gasteiger partial charge in [0, 0.05) is 44.4 Å². The molecular weight excluding hydrogens is 648 g/mol. The van der Waals surface area contributed by atoms with E-state index in [1.165, 1.54) is 14.0 Å². The Hall–Kier alpha value is -1.26. The summed E-state index contributed by atoms with van der Waals surface area (Å²) >= 11 is 0. The van der Waals surface area contributed by atoms with Gasteiger partial charge in [-0.05, 0) is 87.4 Å². The second kappa shape index (κ2) is 18.7. The fourth-order valence-electron chi connectivity index (χ4n) is 7.79. The fourth-order valence-corrected chi connectivity index (χ4v) is 7.79. The molecule has 13 heteroatoms. The minimum atomic E-state index is -1.81. The lowest BCUT2D eigenvalue weighted by Crippen LogP contribution is -2.58. The Kier molecular flexibility index (Phi) is 16.8. The van der Waals surface area contributed by atoms with E-state index in [4.69, 9.17) is 23.7 Å². The van der Waals surface area contributed by atoms with E-state index in [0.29, 0.717) is 13.0 Å². The van der Waals surface area contributed by atoms with E-state index in [1.807, 2.05) is 27.9 Å². The molecule has 0 radical (unpaired) electrons. The van der Waals surface area contributed by atoms with Crippen LogP contribution in [0.25, 0.3) is 0 Å². The zero-order valence-electron chi connectivity index (χ0n) is 33.0. The van der Waals surface area contributed by atoms with Crippen LogP contribution in [0.4, 0.5) is 0 Å². The Morgan fingerprint density at radius 2 is 1.74 bits per heavy atom. The van der Waals surface area contributed by atoms with Crippen LogP contribution in [-0.2, 0) is 33.3 Å². The standard InChI is InChI=1S/C37H70N2O11/c1-14-27(40)36(9,46-13)19-29(41)49-31-23(5)33(50-30-17-26(39(11)12)16-22(4)47-30)35(8,44)18-21(3)20-38-25(7)32(42)37(10,45)28(15-2)48-34(43)24(31)6/h21-26,28-33,38,41-42,44-45H,14-20H2,1-13H3. The SMILES string of the molecule is CCC(=O)C(C)(CC(O)OC1C(C)C(=O)OC(CC)C(C)(O)C(O)C(C)NCC(C)CC(C)(O)C(OC2CC(N(C)C)CC(C)O2)C1C)OC. The second-order valence-corrected chi connectivity index (χ2v) is 16.0. The molecule has 0 aromatic rings. The zero-order valence-corrected chi connectivity index (χ0v) is 33.0. The van der Waals surface area contributed by atoms with E-state index in [9.17, 15) is 30.0 Å². The maximum absolute atomic E-state index is 14.0. The molecule has 2 heterocycles. The quantitative estimate of drug-likeness (QED) is 0.156. The summed E-state index contributed by atoms with van der Waals surface area (Å²) in [4.78, 5) is 28.9. The van der Waals surface area contributed by atoms with Crippen LogP contribution in [-0.4, -0.2) is 137 Å². The molecule has 2 rings (SSSR count). The van der Waals surface area contributed by atoms with Gasteiger partial charge in [-0.1, -0.05) is 27.7 Å². The second-order valence-electron chi connectivity index (χ2n) is 16.0. The number of rotatable bonds is 11. The first kappa shape index (κ1) is 44.9. The van der Waals surface area contributed by atoms with Crippen molar-refractivity contribution in [3.05, 3.63) is 0 Å². The Morgan fingerprint density at radius 1 is 1.12 bits per heavy atom. The van der Waals surface area contributed by atoms with E-state index in [-0.39, 0.29) is 49.5 Å². The van der Waals surface area contributed by atoms with Gasteiger partial charge in [0.2, 0.25) is 0 Å². The molecule has 294 valence electrons. The third-order valence-corrected chi connectivity index (χ3v) is 11.1. The number of cyclic esters (lactones) is 1. The number of aliphatic hydroxyl groups excluding tert-OH is 2. The van der Waals surface area contributed by atoms with Crippen LogP contribution in [0.5, 0.6) is 0 Å². The van der Waals surface area contributed by atoms with Gasteiger partial charge in [-0.3, -0.25) is 9.59 Å². The van der Waals surface area contributed by atoms with Crippen molar-refractivity contribution in [2.45, 2.75) is 180 Å². The molecule has 13 nitrogen and oxygen atoms in total. The summed E-state index contributed by atoms with van der Waals surface area (Å²) in [6, 6.07) is -0.405. The molecule has 2 aliphatic rings. The third-order valence-electron chi connectivity index (χ3n) is 11.1.